The van der Waals surface area contributed by atoms with Gasteiger partial charge in [-0.3, -0.25) is 0 Å². The number of carbonyl (C=O) groups excluding carboxylic acids is 1. The minimum absolute atomic E-state index is 0.110. The molecule has 0 spiro atoms. The predicted octanol–water partition coefficient (Wildman–Crippen LogP) is 7.00. The van der Waals surface area contributed by atoms with Gasteiger partial charge in [-0.1, -0.05) is 106 Å². The van der Waals surface area contributed by atoms with Crippen LogP contribution in [0.5, 0.6) is 5.75 Å². The van der Waals surface area contributed by atoms with Gasteiger partial charge in [-0.15, -0.1) is 6.58 Å². The van der Waals surface area contributed by atoms with E-state index in [1.807, 2.05) is 61.5 Å². The maximum Gasteiger partial charge on any atom is 0.335 e. The van der Waals surface area contributed by atoms with Crippen molar-refractivity contribution >= 4 is 24.7 Å². The molecule has 0 aliphatic rings. The van der Waals surface area contributed by atoms with Crippen LogP contribution in [-0.4, -0.2) is 40.2 Å². The molecule has 224 valence electrons. The molecule has 2 atom stereocenters. The van der Waals surface area contributed by atoms with Crippen LogP contribution >= 0.6 is 0 Å². The summed E-state index contributed by atoms with van der Waals surface area (Å²) in [6.45, 7) is 13.1. The Labute approximate surface area is 253 Å². The van der Waals surface area contributed by atoms with E-state index in [1.165, 1.54) is 10.4 Å². The number of hydrogen-bond acceptors (Lipinski definition) is 5. The standard InChI is InChI=1S/C36H46O5Si/c1-7-8-11-22-34(39-28-30-23-25-31(38-6)26-24-30)35(37)41-29(2)17-16-27-40-42(36(3,4)5,32-18-12-9-13-19-32)33-20-14-10-15-21-33/h7,9-10,12-21,23-26,29,34H,1,8,11,22,27-28H2,2-6H3/b17-16+/t29-,34?/m0/s1. The Kier molecular flexibility index (Phi) is 12.8. The number of allylic oxidation sites excluding steroid dienone is 1. The second kappa shape index (κ2) is 16.3. The van der Waals surface area contributed by atoms with Crippen LogP contribution in [0.15, 0.2) is 110 Å². The number of carbonyl (C=O) groups is 1. The molecule has 5 nitrogen and oxygen atoms in total. The molecule has 0 bridgehead atoms. The van der Waals surface area contributed by atoms with Crippen LogP contribution in [0.25, 0.3) is 0 Å². The number of hydrogen-bond donors (Lipinski definition) is 0. The molecule has 0 aliphatic heterocycles. The Morgan fingerprint density at radius 2 is 1.52 bits per heavy atom. The van der Waals surface area contributed by atoms with Crippen molar-refractivity contribution in [2.75, 3.05) is 13.7 Å². The molecule has 0 radical (unpaired) electrons. The largest absolute Gasteiger partial charge is 0.497 e. The van der Waals surface area contributed by atoms with Gasteiger partial charge in [0.2, 0.25) is 0 Å². The molecule has 0 saturated heterocycles. The van der Waals surface area contributed by atoms with Gasteiger partial charge < -0.3 is 18.6 Å². The summed E-state index contributed by atoms with van der Waals surface area (Å²) in [4.78, 5) is 13.1. The second-order valence-corrected chi connectivity index (χ2v) is 15.7. The Hall–Kier alpha value is -3.45. The average molecular weight is 587 g/mol. The van der Waals surface area contributed by atoms with Crippen molar-refractivity contribution in [3.8, 4) is 5.75 Å². The van der Waals surface area contributed by atoms with Crippen molar-refractivity contribution in [3.05, 3.63) is 115 Å². The highest BCUT2D eigenvalue weighted by atomic mass is 28.4. The Morgan fingerprint density at radius 1 is 0.929 bits per heavy atom. The van der Waals surface area contributed by atoms with Crippen molar-refractivity contribution in [2.45, 2.75) is 70.8 Å². The van der Waals surface area contributed by atoms with E-state index in [2.05, 4.69) is 75.9 Å². The molecule has 0 amide bonds. The zero-order chi connectivity index (χ0) is 30.4. The third-order valence-corrected chi connectivity index (χ3v) is 12.3. The van der Waals surface area contributed by atoms with E-state index in [4.69, 9.17) is 18.6 Å². The van der Waals surface area contributed by atoms with Crippen LogP contribution in [-0.2, 0) is 25.3 Å². The maximum absolute atomic E-state index is 13.1. The number of unbranched alkanes of at least 4 members (excludes halogenated alkanes) is 1. The minimum atomic E-state index is -2.63. The third kappa shape index (κ3) is 9.02. The first-order chi connectivity index (χ1) is 20.2. The molecule has 42 heavy (non-hydrogen) atoms. The lowest BCUT2D eigenvalue weighted by Gasteiger charge is -2.42. The molecule has 3 aromatic rings. The molecule has 3 aromatic carbocycles. The lowest BCUT2D eigenvalue weighted by atomic mass is 10.1. The molecular weight excluding hydrogens is 540 g/mol. The van der Waals surface area contributed by atoms with Gasteiger partial charge in [0.05, 0.1) is 20.3 Å². The number of benzene rings is 3. The minimum Gasteiger partial charge on any atom is -0.497 e. The van der Waals surface area contributed by atoms with E-state index < -0.39 is 20.5 Å². The normalized spacial score (nSPS) is 13.5. The van der Waals surface area contributed by atoms with Crippen LogP contribution in [0.4, 0.5) is 0 Å². The van der Waals surface area contributed by atoms with Gasteiger partial charge in [-0.2, -0.15) is 0 Å². The topological polar surface area (TPSA) is 54.0 Å². The molecule has 6 heteroatoms. The highest BCUT2D eigenvalue weighted by molar-refractivity contribution is 6.99. The summed E-state index contributed by atoms with van der Waals surface area (Å²) >= 11 is 0. The van der Waals surface area contributed by atoms with Crippen molar-refractivity contribution < 1.29 is 23.4 Å². The van der Waals surface area contributed by atoms with Crippen molar-refractivity contribution in [1.29, 1.82) is 0 Å². The number of methoxy groups -OCH3 is 1. The fraction of sp³-hybridized carbons (Fsp3) is 0.361. The lowest BCUT2D eigenvalue weighted by molar-refractivity contribution is -0.161. The van der Waals surface area contributed by atoms with Gasteiger partial charge in [-0.25, -0.2) is 4.79 Å². The predicted molar refractivity (Wildman–Crippen MR) is 174 cm³/mol. The second-order valence-electron chi connectivity index (χ2n) is 11.4. The fourth-order valence-electron chi connectivity index (χ4n) is 5.12. The van der Waals surface area contributed by atoms with Crippen molar-refractivity contribution in [2.24, 2.45) is 0 Å². The summed E-state index contributed by atoms with van der Waals surface area (Å²) in [5.74, 6) is 0.415. The number of ether oxygens (including phenoxy) is 3. The van der Waals surface area contributed by atoms with Crippen LogP contribution in [0.3, 0.4) is 0 Å². The van der Waals surface area contributed by atoms with E-state index in [-0.39, 0.29) is 11.0 Å². The van der Waals surface area contributed by atoms with Crippen molar-refractivity contribution in [3.63, 3.8) is 0 Å². The zero-order valence-corrected chi connectivity index (χ0v) is 26.8. The molecule has 1 unspecified atom stereocenters. The highest BCUT2D eigenvalue weighted by Crippen LogP contribution is 2.36. The summed E-state index contributed by atoms with van der Waals surface area (Å²) in [6.07, 6.45) is 6.79. The summed E-state index contributed by atoms with van der Waals surface area (Å²) in [6, 6.07) is 28.7. The first kappa shape index (κ1) is 33.1. The van der Waals surface area contributed by atoms with E-state index in [0.29, 0.717) is 19.6 Å². The first-order valence-corrected chi connectivity index (χ1v) is 16.6. The van der Waals surface area contributed by atoms with Crippen LogP contribution in [0, 0.1) is 0 Å². The first-order valence-electron chi connectivity index (χ1n) is 14.7. The molecule has 0 aromatic heterocycles. The Morgan fingerprint density at radius 3 is 2.05 bits per heavy atom. The van der Waals surface area contributed by atoms with E-state index in [9.17, 15) is 4.79 Å². The Bertz CT molecular complexity index is 1210. The zero-order valence-electron chi connectivity index (χ0n) is 25.8. The van der Waals surface area contributed by atoms with Gasteiger partial charge in [0.1, 0.15) is 11.9 Å². The quantitative estimate of drug-likeness (QED) is 0.0783. The summed E-state index contributed by atoms with van der Waals surface area (Å²) in [5, 5.41) is 2.35. The average Bonchev–Trinajstić information content (AvgIpc) is 2.99. The van der Waals surface area contributed by atoms with Gasteiger partial charge in [0, 0.05) is 0 Å². The SMILES string of the molecule is C=CCCCC(OCc1ccc(OC)cc1)C(=O)O[C@@H](C)/C=C/CO[Si](c1ccccc1)(c1ccccc1)C(C)(C)C. The van der Waals surface area contributed by atoms with Gasteiger partial charge in [-0.05, 0) is 65.4 Å². The number of rotatable bonds is 16. The van der Waals surface area contributed by atoms with E-state index in [1.54, 1.807) is 7.11 Å². The molecule has 0 N–H and O–H groups in total. The maximum atomic E-state index is 13.1. The van der Waals surface area contributed by atoms with Crippen LogP contribution in [0.1, 0.15) is 52.5 Å². The van der Waals surface area contributed by atoms with Crippen molar-refractivity contribution in [1.82, 2.24) is 0 Å². The summed E-state index contributed by atoms with van der Waals surface area (Å²) in [7, 11) is -1.00. The van der Waals surface area contributed by atoms with Crippen LogP contribution in [0.2, 0.25) is 5.04 Å². The van der Waals surface area contributed by atoms with Gasteiger partial charge in [0.15, 0.2) is 6.10 Å². The lowest BCUT2D eigenvalue weighted by Crippen LogP contribution is -2.66. The highest BCUT2D eigenvalue weighted by Gasteiger charge is 2.49. The number of esters is 1. The summed E-state index contributed by atoms with van der Waals surface area (Å²) < 4.78 is 24.0. The molecule has 0 aliphatic carbocycles. The molecule has 0 heterocycles. The molecule has 0 saturated carbocycles. The fourth-order valence-corrected chi connectivity index (χ4v) is 9.62. The Balaban J connectivity index is 1.67. The third-order valence-electron chi connectivity index (χ3n) is 7.27. The summed E-state index contributed by atoms with van der Waals surface area (Å²) in [5.41, 5.74) is 0.964. The molecule has 3 rings (SSSR count). The molecular formula is C36H46O5Si. The van der Waals surface area contributed by atoms with Crippen LogP contribution < -0.4 is 15.1 Å². The van der Waals surface area contributed by atoms with Gasteiger partial charge >= 0.3 is 5.97 Å². The van der Waals surface area contributed by atoms with E-state index >= 15 is 0 Å². The van der Waals surface area contributed by atoms with E-state index in [0.717, 1.165) is 24.2 Å². The smallest absolute Gasteiger partial charge is 0.335 e. The van der Waals surface area contributed by atoms with Gasteiger partial charge in [0.25, 0.3) is 8.32 Å². The molecule has 0 fully saturated rings. The monoisotopic (exact) mass is 586 g/mol.